The maximum Gasteiger partial charge on any atom is 0.177 e. The molecule has 2 heteroatoms. The fraction of sp³-hybridized carbons (Fsp3) is 0.500. The lowest BCUT2D eigenvalue weighted by molar-refractivity contribution is -0.111. The lowest BCUT2D eigenvalue weighted by atomic mass is 10.2. The molecule has 0 saturated carbocycles. The van der Waals surface area contributed by atoms with Crippen molar-refractivity contribution in [3.05, 3.63) is 11.6 Å². The minimum Gasteiger partial charge on any atom is -0.293 e. The van der Waals surface area contributed by atoms with E-state index in [-0.39, 0.29) is 5.78 Å². The van der Waals surface area contributed by atoms with Crippen LogP contribution in [0.15, 0.2) is 16.6 Å². The number of nitrogens with zero attached hydrogens (tertiary/aromatic N) is 1. The average Bonchev–Trinajstić information content (AvgIpc) is 1.81. The average molecular weight is 139 g/mol. The van der Waals surface area contributed by atoms with Crippen LogP contribution in [0.25, 0.3) is 0 Å². The lowest BCUT2D eigenvalue weighted by Crippen LogP contribution is -2.06. The summed E-state index contributed by atoms with van der Waals surface area (Å²) in [6.07, 6.45) is 1.78. The van der Waals surface area contributed by atoms with Crippen molar-refractivity contribution in [2.75, 3.05) is 7.05 Å². The molecule has 0 aliphatic rings. The first-order valence-electron chi connectivity index (χ1n) is 3.20. The quantitative estimate of drug-likeness (QED) is 0.534. The van der Waals surface area contributed by atoms with Crippen LogP contribution in [0, 0.1) is 0 Å². The molecule has 0 atom stereocenters. The molecule has 0 saturated heterocycles. The van der Waals surface area contributed by atoms with Crippen molar-refractivity contribution in [3.8, 4) is 0 Å². The van der Waals surface area contributed by atoms with E-state index in [1.54, 1.807) is 13.1 Å². The van der Waals surface area contributed by atoms with Crippen LogP contribution in [-0.2, 0) is 4.79 Å². The normalized spacial score (nSPS) is 11.0. The molecule has 56 valence electrons. The molecule has 0 amide bonds. The highest BCUT2D eigenvalue weighted by Crippen LogP contribution is 1.91. The van der Waals surface area contributed by atoms with Crippen molar-refractivity contribution in [1.29, 1.82) is 0 Å². The van der Waals surface area contributed by atoms with E-state index >= 15 is 0 Å². The van der Waals surface area contributed by atoms with Gasteiger partial charge in [0.2, 0.25) is 0 Å². The Kier molecular flexibility index (Phi) is 3.62. The summed E-state index contributed by atoms with van der Waals surface area (Å²) < 4.78 is 0. The van der Waals surface area contributed by atoms with E-state index in [0.29, 0.717) is 5.71 Å². The first-order chi connectivity index (χ1) is 4.57. The van der Waals surface area contributed by atoms with Gasteiger partial charge in [-0.1, -0.05) is 5.57 Å². The topological polar surface area (TPSA) is 29.4 Å². The molecule has 0 fully saturated rings. The Labute approximate surface area is 61.7 Å². The smallest absolute Gasteiger partial charge is 0.177 e. The van der Waals surface area contributed by atoms with Gasteiger partial charge in [0.15, 0.2) is 5.78 Å². The highest BCUT2D eigenvalue weighted by molar-refractivity contribution is 6.43. The van der Waals surface area contributed by atoms with Crippen LogP contribution >= 0.6 is 0 Å². The summed E-state index contributed by atoms with van der Waals surface area (Å²) in [5, 5.41) is 0. The molecule has 0 spiro atoms. The van der Waals surface area contributed by atoms with Gasteiger partial charge in [-0.2, -0.15) is 0 Å². The minimum atomic E-state index is 0.0173. The van der Waals surface area contributed by atoms with Gasteiger partial charge in [0.1, 0.15) is 0 Å². The predicted octanol–water partition coefficient (Wildman–Crippen LogP) is 1.61. The van der Waals surface area contributed by atoms with Gasteiger partial charge in [-0.25, -0.2) is 0 Å². The second-order valence-electron chi connectivity index (χ2n) is 2.39. The number of rotatable bonds is 2. The van der Waals surface area contributed by atoms with E-state index < -0.39 is 0 Å². The maximum atomic E-state index is 10.7. The summed E-state index contributed by atoms with van der Waals surface area (Å²) >= 11 is 0. The summed E-state index contributed by atoms with van der Waals surface area (Å²) in [6, 6.07) is 0. The Morgan fingerprint density at radius 3 is 1.90 bits per heavy atom. The van der Waals surface area contributed by atoms with Crippen molar-refractivity contribution in [3.63, 3.8) is 0 Å². The van der Waals surface area contributed by atoms with Gasteiger partial charge >= 0.3 is 0 Å². The second kappa shape index (κ2) is 3.99. The van der Waals surface area contributed by atoms with E-state index in [4.69, 9.17) is 0 Å². The third-order valence-corrected chi connectivity index (χ3v) is 1.03. The standard InChI is InChI=1S/C8H13NO/c1-6(2)5-8(9-4)7(3)10/h5H,1-4H3. The molecule has 0 aromatic carbocycles. The number of hydrogen-bond donors (Lipinski definition) is 0. The van der Waals surface area contributed by atoms with Crippen LogP contribution in [0.4, 0.5) is 0 Å². The molecule has 0 aromatic heterocycles. The zero-order chi connectivity index (χ0) is 8.15. The van der Waals surface area contributed by atoms with Gasteiger partial charge < -0.3 is 0 Å². The third kappa shape index (κ3) is 3.17. The van der Waals surface area contributed by atoms with Crippen LogP contribution in [0.1, 0.15) is 20.8 Å². The molecule has 0 aliphatic heterocycles. The van der Waals surface area contributed by atoms with Crippen molar-refractivity contribution in [2.45, 2.75) is 20.8 Å². The fourth-order valence-corrected chi connectivity index (χ4v) is 0.597. The second-order valence-corrected chi connectivity index (χ2v) is 2.39. The van der Waals surface area contributed by atoms with E-state index in [9.17, 15) is 4.79 Å². The third-order valence-electron chi connectivity index (χ3n) is 1.03. The van der Waals surface area contributed by atoms with Crippen LogP contribution in [0.5, 0.6) is 0 Å². The van der Waals surface area contributed by atoms with Gasteiger partial charge in [-0.15, -0.1) is 0 Å². The molecule has 2 nitrogen and oxygen atoms in total. The number of ketones is 1. The van der Waals surface area contributed by atoms with Crippen LogP contribution in [0.2, 0.25) is 0 Å². The zero-order valence-corrected chi connectivity index (χ0v) is 6.93. The first kappa shape index (κ1) is 9.08. The zero-order valence-electron chi connectivity index (χ0n) is 6.93. The fourth-order valence-electron chi connectivity index (χ4n) is 0.597. The van der Waals surface area contributed by atoms with Crippen molar-refractivity contribution in [2.24, 2.45) is 4.99 Å². The lowest BCUT2D eigenvalue weighted by Gasteiger charge is -1.92. The molecule has 0 rings (SSSR count). The Bertz CT molecular complexity index is 185. The van der Waals surface area contributed by atoms with Gasteiger partial charge in [0.25, 0.3) is 0 Å². The number of allylic oxidation sites excluding steroid dienone is 2. The van der Waals surface area contributed by atoms with E-state index in [1.807, 2.05) is 13.8 Å². The Morgan fingerprint density at radius 1 is 1.30 bits per heavy atom. The number of carbonyl (C=O) groups excluding carboxylic acids is 1. The Hall–Kier alpha value is -0.920. The summed E-state index contributed by atoms with van der Waals surface area (Å²) in [7, 11) is 1.62. The van der Waals surface area contributed by atoms with Crippen LogP contribution in [0.3, 0.4) is 0 Å². The first-order valence-corrected chi connectivity index (χ1v) is 3.20. The monoisotopic (exact) mass is 139 g/mol. The van der Waals surface area contributed by atoms with Gasteiger partial charge in [-0.3, -0.25) is 9.79 Å². The molecule has 0 bridgehead atoms. The van der Waals surface area contributed by atoms with Crippen molar-refractivity contribution < 1.29 is 4.79 Å². The Balaban J connectivity index is 4.42. The number of aliphatic imine (C=N–C) groups is 1. The van der Waals surface area contributed by atoms with E-state index in [1.165, 1.54) is 6.92 Å². The highest BCUT2D eigenvalue weighted by Gasteiger charge is 1.98. The minimum absolute atomic E-state index is 0.0173. The number of hydrogen-bond acceptors (Lipinski definition) is 2. The summed E-state index contributed by atoms with van der Waals surface area (Å²) in [4.78, 5) is 14.6. The van der Waals surface area contributed by atoms with Crippen molar-refractivity contribution >= 4 is 11.5 Å². The van der Waals surface area contributed by atoms with Gasteiger partial charge in [0.05, 0.1) is 5.71 Å². The molecular formula is C8H13NO. The predicted molar refractivity (Wildman–Crippen MR) is 43.5 cm³/mol. The molecule has 0 N–H and O–H groups in total. The Morgan fingerprint density at radius 2 is 1.80 bits per heavy atom. The molecular weight excluding hydrogens is 126 g/mol. The molecule has 0 heterocycles. The highest BCUT2D eigenvalue weighted by atomic mass is 16.1. The SMILES string of the molecule is CN=C(C=C(C)C)C(C)=O. The van der Waals surface area contributed by atoms with Crippen molar-refractivity contribution in [1.82, 2.24) is 0 Å². The van der Waals surface area contributed by atoms with Crippen LogP contribution < -0.4 is 0 Å². The maximum absolute atomic E-state index is 10.7. The molecule has 0 unspecified atom stereocenters. The van der Waals surface area contributed by atoms with E-state index in [2.05, 4.69) is 4.99 Å². The van der Waals surface area contributed by atoms with Gasteiger partial charge in [-0.05, 0) is 19.9 Å². The number of carbonyl (C=O) groups is 1. The summed E-state index contributed by atoms with van der Waals surface area (Å²) in [5.74, 6) is 0.0173. The van der Waals surface area contributed by atoms with Crippen LogP contribution in [-0.4, -0.2) is 18.5 Å². The largest absolute Gasteiger partial charge is 0.293 e. The molecule has 0 radical (unpaired) electrons. The van der Waals surface area contributed by atoms with Gasteiger partial charge in [0, 0.05) is 14.0 Å². The molecule has 0 aliphatic carbocycles. The summed E-state index contributed by atoms with van der Waals surface area (Å²) in [5.41, 5.74) is 1.64. The summed E-state index contributed by atoms with van der Waals surface area (Å²) in [6.45, 7) is 5.39. The molecule has 10 heavy (non-hydrogen) atoms. The van der Waals surface area contributed by atoms with E-state index in [0.717, 1.165) is 5.57 Å². The number of Topliss-reactive ketones (excluding diaryl/α,β-unsaturated/α-hetero) is 1. The molecule has 0 aromatic rings.